The lowest BCUT2D eigenvalue weighted by molar-refractivity contribution is 0.316. The molecule has 0 aliphatic heterocycles. The van der Waals surface area contributed by atoms with Crippen LogP contribution in [-0.4, -0.2) is 31.0 Å². The smallest absolute Gasteiger partial charge is 0.175 e. The molecule has 0 fully saturated rings. The minimum atomic E-state index is -3.16. The van der Waals surface area contributed by atoms with E-state index in [0.29, 0.717) is 11.3 Å². The molecule has 1 atom stereocenters. The number of nitrogens with two attached hydrogens (primary N) is 1. The Bertz CT molecular complexity index is 539. The molecule has 19 heavy (non-hydrogen) atoms. The molecule has 0 aromatic heterocycles. The molecule has 0 spiro atoms. The van der Waals surface area contributed by atoms with Crippen LogP contribution in [0.3, 0.4) is 0 Å². The fraction of sp³-hybridized carbons (Fsp3) is 0.417. The molecule has 0 aliphatic carbocycles. The van der Waals surface area contributed by atoms with Crippen LogP contribution in [0.4, 0.5) is 0 Å². The van der Waals surface area contributed by atoms with Crippen molar-refractivity contribution in [2.75, 3.05) is 6.26 Å². The zero-order valence-electron chi connectivity index (χ0n) is 10.9. The fourth-order valence-electron chi connectivity index (χ4n) is 1.50. The van der Waals surface area contributed by atoms with Crippen molar-refractivity contribution in [1.82, 2.24) is 0 Å². The lowest BCUT2D eigenvalue weighted by atomic mass is 10.2. The summed E-state index contributed by atoms with van der Waals surface area (Å²) in [6.45, 7) is 2.02. The van der Waals surface area contributed by atoms with Gasteiger partial charge in [-0.15, -0.1) is 11.8 Å². The largest absolute Gasteiger partial charge is 0.409 e. The van der Waals surface area contributed by atoms with Gasteiger partial charge in [-0.2, -0.15) is 0 Å². The Hall–Kier alpha value is -1.21. The first-order chi connectivity index (χ1) is 8.86. The van der Waals surface area contributed by atoms with E-state index in [4.69, 9.17) is 10.9 Å². The SMILES string of the molecule is CCC(CC(N)=NO)Sc1ccc(S(C)(=O)=O)cc1. The second kappa shape index (κ2) is 6.81. The van der Waals surface area contributed by atoms with Crippen LogP contribution in [0.25, 0.3) is 0 Å². The number of sulfone groups is 1. The summed E-state index contributed by atoms with van der Waals surface area (Å²) in [7, 11) is -3.16. The molecular formula is C12H18N2O3S2. The van der Waals surface area contributed by atoms with Gasteiger partial charge in [0.2, 0.25) is 0 Å². The molecule has 0 saturated heterocycles. The van der Waals surface area contributed by atoms with E-state index < -0.39 is 9.84 Å². The summed E-state index contributed by atoms with van der Waals surface area (Å²) in [5.41, 5.74) is 5.49. The molecule has 1 unspecified atom stereocenters. The van der Waals surface area contributed by atoms with Gasteiger partial charge in [0, 0.05) is 22.8 Å². The first-order valence-electron chi connectivity index (χ1n) is 5.80. The number of thioether (sulfide) groups is 1. The van der Waals surface area contributed by atoms with Gasteiger partial charge in [0.15, 0.2) is 9.84 Å². The number of amidine groups is 1. The van der Waals surface area contributed by atoms with E-state index in [1.807, 2.05) is 6.92 Å². The second-order valence-electron chi connectivity index (χ2n) is 4.19. The third-order valence-electron chi connectivity index (χ3n) is 2.58. The van der Waals surface area contributed by atoms with Gasteiger partial charge in [0.25, 0.3) is 0 Å². The van der Waals surface area contributed by atoms with E-state index in [9.17, 15) is 8.42 Å². The highest BCUT2D eigenvalue weighted by Crippen LogP contribution is 2.28. The van der Waals surface area contributed by atoms with Gasteiger partial charge in [0.1, 0.15) is 5.84 Å². The van der Waals surface area contributed by atoms with Gasteiger partial charge in [-0.1, -0.05) is 12.1 Å². The molecule has 1 aromatic rings. The van der Waals surface area contributed by atoms with Crippen molar-refractivity contribution in [2.45, 2.75) is 34.8 Å². The number of oxime groups is 1. The Labute approximate surface area is 117 Å². The predicted octanol–water partition coefficient (Wildman–Crippen LogP) is 2.10. The molecule has 0 amide bonds. The molecular weight excluding hydrogens is 284 g/mol. The van der Waals surface area contributed by atoms with E-state index in [1.165, 1.54) is 6.26 Å². The first kappa shape index (κ1) is 15.8. The topological polar surface area (TPSA) is 92.8 Å². The third-order valence-corrected chi connectivity index (χ3v) is 5.08. The zero-order chi connectivity index (χ0) is 14.5. The molecule has 0 bridgehead atoms. The van der Waals surface area contributed by atoms with E-state index in [-0.39, 0.29) is 11.1 Å². The van der Waals surface area contributed by atoms with Gasteiger partial charge < -0.3 is 10.9 Å². The van der Waals surface area contributed by atoms with Crippen molar-refractivity contribution >= 4 is 27.4 Å². The molecule has 5 nitrogen and oxygen atoms in total. The highest BCUT2D eigenvalue weighted by molar-refractivity contribution is 8.00. The Balaban J connectivity index is 2.76. The summed E-state index contributed by atoms with van der Waals surface area (Å²) in [6.07, 6.45) is 2.54. The lowest BCUT2D eigenvalue weighted by Gasteiger charge is -2.13. The standard InChI is InChI=1S/C12H18N2O3S2/c1-3-9(8-12(13)14-15)18-10-4-6-11(7-5-10)19(2,16)17/h4-7,9,15H,3,8H2,1-2H3,(H2,13,14). The van der Waals surface area contributed by atoms with Crippen molar-refractivity contribution < 1.29 is 13.6 Å². The highest BCUT2D eigenvalue weighted by atomic mass is 32.2. The summed E-state index contributed by atoms with van der Waals surface area (Å²) >= 11 is 1.58. The van der Waals surface area contributed by atoms with E-state index in [1.54, 1.807) is 36.0 Å². The Kier molecular flexibility index (Phi) is 5.68. The quantitative estimate of drug-likeness (QED) is 0.276. The predicted molar refractivity (Wildman–Crippen MR) is 77.5 cm³/mol. The second-order valence-corrected chi connectivity index (χ2v) is 7.58. The maximum atomic E-state index is 11.3. The van der Waals surface area contributed by atoms with Crippen LogP contribution in [0.15, 0.2) is 39.2 Å². The van der Waals surface area contributed by atoms with Crippen molar-refractivity contribution in [2.24, 2.45) is 10.9 Å². The van der Waals surface area contributed by atoms with Crippen LogP contribution in [0, 0.1) is 0 Å². The molecule has 0 aliphatic rings. The average molecular weight is 302 g/mol. The third kappa shape index (κ3) is 5.12. The van der Waals surface area contributed by atoms with Gasteiger partial charge in [0.05, 0.1) is 4.90 Å². The molecule has 0 radical (unpaired) electrons. The van der Waals surface area contributed by atoms with Gasteiger partial charge in [-0.25, -0.2) is 8.42 Å². The van der Waals surface area contributed by atoms with E-state index in [0.717, 1.165) is 11.3 Å². The van der Waals surface area contributed by atoms with Crippen LogP contribution in [0.2, 0.25) is 0 Å². The number of benzene rings is 1. The summed E-state index contributed by atoms with van der Waals surface area (Å²) in [4.78, 5) is 1.27. The van der Waals surface area contributed by atoms with Crippen LogP contribution < -0.4 is 5.73 Å². The van der Waals surface area contributed by atoms with Gasteiger partial charge in [-0.3, -0.25) is 0 Å². The normalized spacial score (nSPS) is 14.3. The maximum absolute atomic E-state index is 11.3. The minimum absolute atomic E-state index is 0.194. The Morgan fingerprint density at radius 3 is 2.42 bits per heavy atom. The molecule has 0 heterocycles. The Morgan fingerprint density at radius 1 is 1.42 bits per heavy atom. The van der Waals surface area contributed by atoms with Crippen molar-refractivity contribution in [3.05, 3.63) is 24.3 Å². The van der Waals surface area contributed by atoms with Crippen LogP contribution in [0.5, 0.6) is 0 Å². The summed E-state index contributed by atoms with van der Waals surface area (Å²) in [6, 6.07) is 6.73. The number of hydrogen-bond donors (Lipinski definition) is 2. The summed E-state index contributed by atoms with van der Waals surface area (Å²) in [5, 5.41) is 11.7. The summed E-state index contributed by atoms with van der Waals surface area (Å²) in [5.74, 6) is 0.201. The van der Waals surface area contributed by atoms with Crippen molar-refractivity contribution in [3.63, 3.8) is 0 Å². The molecule has 1 rings (SSSR count). The highest BCUT2D eigenvalue weighted by Gasteiger charge is 2.12. The zero-order valence-corrected chi connectivity index (χ0v) is 12.5. The van der Waals surface area contributed by atoms with Crippen molar-refractivity contribution in [3.8, 4) is 0 Å². The lowest BCUT2D eigenvalue weighted by Crippen LogP contribution is -2.18. The number of rotatable bonds is 6. The van der Waals surface area contributed by atoms with Gasteiger partial charge >= 0.3 is 0 Å². The monoisotopic (exact) mass is 302 g/mol. The Morgan fingerprint density at radius 2 is 2.00 bits per heavy atom. The molecule has 3 N–H and O–H groups in total. The van der Waals surface area contributed by atoms with E-state index in [2.05, 4.69) is 5.16 Å². The van der Waals surface area contributed by atoms with Crippen molar-refractivity contribution in [1.29, 1.82) is 0 Å². The van der Waals surface area contributed by atoms with Gasteiger partial charge in [-0.05, 0) is 30.7 Å². The maximum Gasteiger partial charge on any atom is 0.175 e. The van der Waals surface area contributed by atoms with E-state index >= 15 is 0 Å². The number of nitrogens with zero attached hydrogens (tertiary/aromatic N) is 1. The number of hydrogen-bond acceptors (Lipinski definition) is 5. The molecule has 7 heteroatoms. The molecule has 106 valence electrons. The van der Waals surface area contributed by atoms with Crippen LogP contribution in [-0.2, 0) is 9.84 Å². The van der Waals surface area contributed by atoms with Crippen LogP contribution >= 0.6 is 11.8 Å². The van der Waals surface area contributed by atoms with Crippen LogP contribution in [0.1, 0.15) is 19.8 Å². The summed E-state index contributed by atoms with van der Waals surface area (Å²) < 4.78 is 22.7. The minimum Gasteiger partial charge on any atom is -0.409 e. The average Bonchev–Trinajstić information content (AvgIpc) is 2.37. The molecule has 0 saturated carbocycles. The molecule has 1 aromatic carbocycles. The fourth-order valence-corrected chi connectivity index (χ4v) is 3.23. The first-order valence-corrected chi connectivity index (χ1v) is 8.57.